The molecule has 1 aliphatic carbocycles. The van der Waals surface area contributed by atoms with E-state index in [1.54, 1.807) is 11.9 Å². The normalized spacial score (nSPS) is 22.0. The zero-order valence-electron chi connectivity index (χ0n) is 26.0. The Balaban J connectivity index is 1.86. The SMILES string of the molecule is CCCCC(C)(C)C(O)COC1C(OCc2ccccc2)CC(OCc2ccccc2)C1N(C)C(=O)OC(C)(C)C. The fourth-order valence-electron chi connectivity index (χ4n) is 5.18. The lowest BCUT2D eigenvalue weighted by Gasteiger charge is -2.37. The molecule has 0 aromatic heterocycles. The number of benzene rings is 2. The molecule has 1 aliphatic rings. The molecule has 41 heavy (non-hydrogen) atoms. The van der Waals surface area contributed by atoms with E-state index in [0.29, 0.717) is 19.6 Å². The first-order valence-corrected chi connectivity index (χ1v) is 15.0. The van der Waals surface area contributed by atoms with Crippen molar-refractivity contribution in [3.05, 3.63) is 71.8 Å². The summed E-state index contributed by atoms with van der Waals surface area (Å²) in [6.07, 6.45) is 1.20. The predicted molar refractivity (Wildman–Crippen MR) is 161 cm³/mol. The van der Waals surface area contributed by atoms with Gasteiger partial charge in [-0.1, -0.05) is 94.3 Å². The van der Waals surface area contributed by atoms with Crippen molar-refractivity contribution in [3.8, 4) is 0 Å². The molecule has 1 fully saturated rings. The van der Waals surface area contributed by atoms with Gasteiger partial charge in [-0.05, 0) is 43.7 Å². The molecule has 2 aromatic carbocycles. The molecule has 7 nitrogen and oxygen atoms in total. The lowest BCUT2D eigenvalue weighted by Crippen LogP contribution is -2.52. The summed E-state index contributed by atoms with van der Waals surface area (Å²) in [7, 11) is 1.73. The van der Waals surface area contributed by atoms with E-state index in [-0.39, 0.29) is 24.2 Å². The molecule has 228 valence electrons. The molecule has 2 aromatic rings. The fourth-order valence-corrected chi connectivity index (χ4v) is 5.18. The zero-order valence-corrected chi connectivity index (χ0v) is 26.0. The number of hydrogen-bond donors (Lipinski definition) is 1. The Kier molecular flexibility index (Phi) is 12.2. The summed E-state index contributed by atoms with van der Waals surface area (Å²) in [5.74, 6) is 0. The predicted octanol–water partition coefficient (Wildman–Crippen LogP) is 6.76. The molecular weight excluding hydrogens is 518 g/mol. The Morgan fingerprint density at radius 2 is 1.44 bits per heavy atom. The van der Waals surface area contributed by atoms with Gasteiger partial charge in [-0.15, -0.1) is 0 Å². The van der Waals surface area contributed by atoms with Gasteiger partial charge >= 0.3 is 6.09 Å². The maximum absolute atomic E-state index is 13.3. The highest BCUT2D eigenvalue weighted by molar-refractivity contribution is 5.68. The minimum absolute atomic E-state index is 0.136. The van der Waals surface area contributed by atoms with E-state index in [1.807, 2.05) is 81.4 Å². The van der Waals surface area contributed by atoms with Gasteiger partial charge in [-0.2, -0.15) is 0 Å². The van der Waals surface area contributed by atoms with Crippen LogP contribution in [-0.4, -0.2) is 65.8 Å². The highest BCUT2D eigenvalue weighted by atomic mass is 16.6. The van der Waals surface area contributed by atoms with E-state index in [9.17, 15) is 9.90 Å². The zero-order chi connectivity index (χ0) is 30.0. The third-order valence-corrected chi connectivity index (χ3v) is 7.81. The summed E-state index contributed by atoms with van der Waals surface area (Å²) in [5.41, 5.74) is 1.15. The van der Waals surface area contributed by atoms with Gasteiger partial charge < -0.3 is 29.0 Å². The minimum Gasteiger partial charge on any atom is -0.444 e. The number of aliphatic hydroxyl groups excluding tert-OH is 1. The van der Waals surface area contributed by atoms with Crippen LogP contribution in [0.1, 0.15) is 78.4 Å². The van der Waals surface area contributed by atoms with Crippen LogP contribution in [0.4, 0.5) is 4.79 Å². The number of carbonyl (C=O) groups is 1. The molecule has 0 saturated heterocycles. The third kappa shape index (κ3) is 10.1. The quantitative estimate of drug-likeness (QED) is 0.271. The average Bonchev–Trinajstić information content (AvgIpc) is 3.29. The first kappa shape index (κ1) is 33.1. The van der Waals surface area contributed by atoms with Crippen LogP contribution >= 0.6 is 0 Å². The number of ether oxygens (including phenoxy) is 4. The molecule has 1 saturated carbocycles. The minimum atomic E-state index is -0.666. The summed E-state index contributed by atoms with van der Waals surface area (Å²) < 4.78 is 25.2. The molecule has 5 unspecified atom stereocenters. The highest BCUT2D eigenvalue weighted by Gasteiger charge is 2.50. The van der Waals surface area contributed by atoms with Crippen LogP contribution in [0.2, 0.25) is 0 Å². The number of rotatable bonds is 14. The van der Waals surface area contributed by atoms with E-state index in [0.717, 1.165) is 30.4 Å². The molecule has 0 spiro atoms. The van der Waals surface area contributed by atoms with Crippen LogP contribution in [-0.2, 0) is 32.2 Å². The smallest absolute Gasteiger partial charge is 0.410 e. The first-order chi connectivity index (χ1) is 19.4. The van der Waals surface area contributed by atoms with E-state index >= 15 is 0 Å². The molecule has 0 bridgehead atoms. The summed E-state index contributed by atoms with van der Waals surface area (Å²) in [6.45, 7) is 12.8. The van der Waals surface area contributed by atoms with Crippen LogP contribution in [0.25, 0.3) is 0 Å². The number of aliphatic hydroxyl groups is 1. The van der Waals surface area contributed by atoms with Crippen molar-refractivity contribution >= 4 is 6.09 Å². The topological polar surface area (TPSA) is 77.5 Å². The number of amides is 1. The number of nitrogens with zero attached hydrogens (tertiary/aromatic N) is 1. The number of hydrogen-bond acceptors (Lipinski definition) is 6. The second-order valence-corrected chi connectivity index (χ2v) is 12.9. The van der Waals surface area contributed by atoms with E-state index in [2.05, 4.69) is 20.8 Å². The fraction of sp³-hybridized carbons (Fsp3) is 0.618. The van der Waals surface area contributed by atoms with Crippen molar-refractivity contribution in [2.24, 2.45) is 5.41 Å². The van der Waals surface area contributed by atoms with Gasteiger partial charge in [0.05, 0.1) is 44.2 Å². The van der Waals surface area contributed by atoms with Crippen molar-refractivity contribution in [1.29, 1.82) is 0 Å². The Labute approximate surface area is 247 Å². The molecule has 0 radical (unpaired) electrons. The van der Waals surface area contributed by atoms with Gasteiger partial charge in [-0.25, -0.2) is 4.79 Å². The first-order valence-electron chi connectivity index (χ1n) is 15.0. The van der Waals surface area contributed by atoms with Crippen LogP contribution in [0.3, 0.4) is 0 Å². The monoisotopic (exact) mass is 569 g/mol. The van der Waals surface area contributed by atoms with Crippen molar-refractivity contribution in [1.82, 2.24) is 4.90 Å². The maximum atomic E-state index is 13.3. The molecule has 1 amide bonds. The van der Waals surface area contributed by atoms with Gasteiger partial charge in [-0.3, -0.25) is 0 Å². The van der Waals surface area contributed by atoms with Crippen molar-refractivity contribution in [2.45, 2.75) is 116 Å². The Morgan fingerprint density at radius 1 is 0.902 bits per heavy atom. The Morgan fingerprint density at radius 3 is 1.95 bits per heavy atom. The number of unbranched alkanes of at least 4 members (excludes halogenated alkanes) is 1. The second kappa shape index (κ2) is 15.1. The van der Waals surface area contributed by atoms with Gasteiger partial charge in [0.15, 0.2) is 0 Å². The van der Waals surface area contributed by atoms with Gasteiger partial charge in [0.1, 0.15) is 11.7 Å². The molecular formula is C34H51NO6. The van der Waals surface area contributed by atoms with Gasteiger partial charge in [0, 0.05) is 13.5 Å². The van der Waals surface area contributed by atoms with Gasteiger partial charge in [0.2, 0.25) is 0 Å². The highest BCUT2D eigenvalue weighted by Crippen LogP contribution is 2.35. The number of carbonyl (C=O) groups excluding carboxylic acids is 1. The summed E-state index contributed by atoms with van der Waals surface area (Å²) in [4.78, 5) is 14.9. The maximum Gasteiger partial charge on any atom is 0.410 e. The largest absolute Gasteiger partial charge is 0.444 e. The van der Waals surface area contributed by atoms with Gasteiger partial charge in [0.25, 0.3) is 0 Å². The molecule has 5 atom stereocenters. The lowest BCUT2D eigenvalue weighted by molar-refractivity contribution is -0.121. The van der Waals surface area contributed by atoms with Crippen molar-refractivity contribution in [2.75, 3.05) is 13.7 Å². The Bertz CT molecular complexity index is 1040. The van der Waals surface area contributed by atoms with E-state index in [1.165, 1.54) is 0 Å². The third-order valence-electron chi connectivity index (χ3n) is 7.81. The summed E-state index contributed by atoms with van der Waals surface area (Å²) >= 11 is 0. The van der Waals surface area contributed by atoms with Crippen molar-refractivity contribution < 1.29 is 28.8 Å². The molecule has 0 aliphatic heterocycles. The van der Waals surface area contributed by atoms with Crippen LogP contribution in [0.5, 0.6) is 0 Å². The average molecular weight is 570 g/mol. The molecule has 0 heterocycles. The summed E-state index contributed by atoms with van der Waals surface area (Å²) in [6, 6.07) is 19.5. The van der Waals surface area contributed by atoms with E-state index in [4.69, 9.17) is 18.9 Å². The lowest BCUT2D eigenvalue weighted by atomic mass is 9.82. The standard InChI is InChI=1S/C34H51NO6/c1-8-9-20-34(5,6)29(36)24-40-31-28(39-23-26-18-14-11-15-19-26)21-27(38-22-25-16-12-10-13-17-25)30(31)35(7)32(37)41-33(2,3)4/h10-19,27-31,36H,8-9,20-24H2,1-7H3. The molecule has 7 heteroatoms. The molecule has 1 N–H and O–H groups in total. The van der Waals surface area contributed by atoms with Crippen molar-refractivity contribution in [3.63, 3.8) is 0 Å². The Hall–Kier alpha value is -2.45. The number of likely N-dealkylation sites (N-methyl/N-ethyl adjacent to an activating group) is 1. The van der Waals surface area contributed by atoms with E-state index < -0.39 is 29.9 Å². The van der Waals surface area contributed by atoms with Crippen LogP contribution in [0.15, 0.2) is 60.7 Å². The van der Waals surface area contributed by atoms with Crippen LogP contribution in [0, 0.1) is 5.41 Å². The molecule has 3 rings (SSSR count). The van der Waals surface area contributed by atoms with Crippen LogP contribution < -0.4 is 0 Å². The second-order valence-electron chi connectivity index (χ2n) is 12.9. The summed E-state index contributed by atoms with van der Waals surface area (Å²) in [5, 5.41) is 11.2.